The van der Waals surface area contributed by atoms with Crippen LogP contribution >= 0.6 is 0 Å². The summed E-state index contributed by atoms with van der Waals surface area (Å²) in [6.07, 6.45) is -0.0845. The molecule has 0 fully saturated rings. The molecular formula is C20H19F3O4. The van der Waals surface area contributed by atoms with Crippen LogP contribution in [0.5, 0.6) is 11.5 Å². The van der Waals surface area contributed by atoms with E-state index in [2.05, 4.69) is 0 Å². The summed E-state index contributed by atoms with van der Waals surface area (Å²) in [6.45, 7) is 3.65. The third kappa shape index (κ3) is 4.35. The van der Waals surface area contributed by atoms with Crippen molar-refractivity contribution in [3.8, 4) is 11.5 Å². The van der Waals surface area contributed by atoms with E-state index in [1.165, 1.54) is 12.1 Å². The molecule has 2 aromatic carbocycles. The fraction of sp³-hybridized carbons (Fsp3) is 0.350. The number of carboxylic acid groups (broad SMARTS) is 1. The number of hydrogen-bond acceptors (Lipinski definition) is 3. The molecule has 0 spiro atoms. The van der Waals surface area contributed by atoms with E-state index in [0.29, 0.717) is 17.7 Å². The number of fused-ring (bicyclic) bond motifs is 1. The monoisotopic (exact) mass is 380 g/mol. The predicted octanol–water partition coefficient (Wildman–Crippen LogP) is 4.41. The number of ether oxygens (including phenoxy) is 2. The maximum Gasteiger partial charge on any atom is 0.303 e. The second-order valence-electron chi connectivity index (χ2n) is 7.14. The Morgan fingerprint density at radius 2 is 1.85 bits per heavy atom. The lowest BCUT2D eigenvalue weighted by molar-refractivity contribution is -0.136. The van der Waals surface area contributed by atoms with E-state index in [4.69, 9.17) is 14.6 Å². The molecule has 4 nitrogen and oxygen atoms in total. The molecule has 0 bridgehead atoms. The summed E-state index contributed by atoms with van der Waals surface area (Å²) >= 11 is 0. The SMILES string of the molecule is CC1(C)Cc2cc(F)cc(COc3cc(F)c(CCC(=O)O)c(F)c3)c2O1. The highest BCUT2D eigenvalue weighted by Crippen LogP contribution is 2.38. The maximum absolute atomic E-state index is 14.1. The number of aliphatic carboxylic acids is 1. The van der Waals surface area contributed by atoms with Crippen molar-refractivity contribution in [3.63, 3.8) is 0 Å². The Morgan fingerprint density at radius 1 is 1.19 bits per heavy atom. The first-order valence-electron chi connectivity index (χ1n) is 8.47. The number of halogens is 3. The second-order valence-corrected chi connectivity index (χ2v) is 7.14. The third-order valence-corrected chi connectivity index (χ3v) is 4.30. The summed E-state index contributed by atoms with van der Waals surface area (Å²) in [7, 11) is 0. The number of carboxylic acids is 1. The summed E-state index contributed by atoms with van der Waals surface area (Å²) < 4.78 is 53.3. The topological polar surface area (TPSA) is 55.8 Å². The Kier molecular flexibility index (Phi) is 5.04. The average Bonchev–Trinajstić information content (AvgIpc) is 2.85. The molecule has 27 heavy (non-hydrogen) atoms. The quantitative estimate of drug-likeness (QED) is 0.806. The van der Waals surface area contributed by atoms with E-state index in [-0.39, 0.29) is 30.8 Å². The largest absolute Gasteiger partial charge is 0.489 e. The van der Waals surface area contributed by atoms with Crippen molar-refractivity contribution in [2.75, 3.05) is 0 Å². The molecule has 1 aliphatic rings. The lowest BCUT2D eigenvalue weighted by Crippen LogP contribution is -2.25. The normalized spacial score (nSPS) is 14.6. The van der Waals surface area contributed by atoms with E-state index >= 15 is 0 Å². The zero-order valence-electron chi connectivity index (χ0n) is 14.9. The van der Waals surface area contributed by atoms with Crippen molar-refractivity contribution in [1.82, 2.24) is 0 Å². The van der Waals surface area contributed by atoms with Gasteiger partial charge < -0.3 is 14.6 Å². The molecule has 0 radical (unpaired) electrons. The van der Waals surface area contributed by atoms with Gasteiger partial charge in [0.15, 0.2) is 0 Å². The van der Waals surface area contributed by atoms with Gasteiger partial charge in [-0.2, -0.15) is 0 Å². The number of carbonyl (C=O) groups is 1. The molecule has 144 valence electrons. The van der Waals surface area contributed by atoms with Crippen molar-refractivity contribution in [2.45, 2.75) is 45.3 Å². The molecule has 0 saturated carbocycles. The highest BCUT2D eigenvalue weighted by Gasteiger charge is 2.32. The van der Waals surface area contributed by atoms with Gasteiger partial charge in [0.1, 0.15) is 41.2 Å². The molecule has 1 aliphatic heterocycles. The Balaban J connectivity index is 1.78. The van der Waals surface area contributed by atoms with Crippen LogP contribution in [0, 0.1) is 17.5 Å². The molecule has 1 heterocycles. The molecule has 0 aliphatic carbocycles. The zero-order valence-corrected chi connectivity index (χ0v) is 14.9. The van der Waals surface area contributed by atoms with Crippen LogP contribution in [0.25, 0.3) is 0 Å². The van der Waals surface area contributed by atoms with Crippen LogP contribution in [-0.4, -0.2) is 16.7 Å². The lowest BCUT2D eigenvalue weighted by atomic mass is 10.0. The Hall–Kier alpha value is -2.70. The van der Waals surface area contributed by atoms with Gasteiger partial charge in [-0.1, -0.05) is 0 Å². The van der Waals surface area contributed by atoms with Gasteiger partial charge in [-0.05, 0) is 32.4 Å². The van der Waals surface area contributed by atoms with Crippen LogP contribution in [0.2, 0.25) is 0 Å². The van der Waals surface area contributed by atoms with Crippen LogP contribution in [0.4, 0.5) is 13.2 Å². The van der Waals surface area contributed by atoms with Gasteiger partial charge >= 0.3 is 5.97 Å². The Morgan fingerprint density at radius 3 is 2.48 bits per heavy atom. The second kappa shape index (κ2) is 7.13. The summed E-state index contributed by atoms with van der Waals surface area (Å²) in [5, 5.41) is 8.65. The van der Waals surface area contributed by atoms with Gasteiger partial charge in [0.05, 0.1) is 0 Å². The molecule has 2 aromatic rings. The lowest BCUT2D eigenvalue weighted by Gasteiger charge is -2.18. The van der Waals surface area contributed by atoms with Crippen LogP contribution in [0.3, 0.4) is 0 Å². The smallest absolute Gasteiger partial charge is 0.303 e. The van der Waals surface area contributed by atoms with Crippen LogP contribution < -0.4 is 9.47 Å². The minimum atomic E-state index is -1.14. The maximum atomic E-state index is 14.1. The van der Waals surface area contributed by atoms with Crippen molar-refractivity contribution in [1.29, 1.82) is 0 Å². The molecule has 0 saturated heterocycles. The molecule has 0 unspecified atom stereocenters. The molecule has 1 N–H and O–H groups in total. The van der Waals surface area contributed by atoms with Crippen LogP contribution in [-0.2, 0) is 24.2 Å². The minimum absolute atomic E-state index is 0.0701. The molecular weight excluding hydrogens is 361 g/mol. The highest BCUT2D eigenvalue weighted by atomic mass is 19.1. The van der Waals surface area contributed by atoms with E-state index in [0.717, 1.165) is 17.7 Å². The van der Waals surface area contributed by atoms with Gasteiger partial charge in [0.25, 0.3) is 0 Å². The highest BCUT2D eigenvalue weighted by molar-refractivity contribution is 5.67. The first-order valence-corrected chi connectivity index (χ1v) is 8.47. The molecule has 0 atom stereocenters. The fourth-order valence-electron chi connectivity index (χ4n) is 3.15. The van der Waals surface area contributed by atoms with E-state index in [1.807, 2.05) is 13.8 Å². The number of benzene rings is 2. The average molecular weight is 380 g/mol. The Labute approximate surface area is 154 Å². The fourth-order valence-corrected chi connectivity index (χ4v) is 3.15. The van der Waals surface area contributed by atoms with E-state index < -0.39 is 29.0 Å². The van der Waals surface area contributed by atoms with Crippen molar-refractivity contribution >= 4 is 5.97 Å². The first-order chi connectivity index (χ1) is 12.6. The van der Waals surface area contributed by atoms with Gasteiger partial charge in [-0.3, -0.25) is 4.79 Å². The summed E-state index contributed by atoms with van der Waals surface area (Å²) in [4.78, 5) is 10.6. The van der Waals surface area contributed by atoms with Crippen molar-refractivity contribution < 1.29 is 32.5 Å². The molecule has 3 rings (SSSR count). The van der Waals surface area contributed by atoms with Gasteiger partial charge in [-0.25, -0.2) is 13.2 Å². The van der Waals surface area contributed by atoms with E-state index in [1.54, 1.807) is 0 Å². The number of hydrogen-bond donors (Lipinski definition) is 1. The molecule has 7 heteroatoms. The number of rotatable bonds is 6. The predicted molar refractivity (Wildman–Crippen MR) is 91.5 cm³/mol. The first kappa shape index (κ1) is 19.1. The van der Waals surface area contributed by atoms with E-state index in [9.17, 15) is 18.0 Å². The van der Waals surface area contributed by atoms with Crippen molar-refractivity contribution in [3.05, 3.63) is 58.4 Å². The van der Waals surface area contributed by atoms with Gasteiger partial charge in [-0.15, -0.1) is 0 Å². The van der Waals surface area contributed by atoms with Gasteiger partial charge in [0.2, 0.25) is 0 Å². The zero-order chi connectivity index (χ0) is 19.8. The van der Waals surface area contributed by atoms with Gasteiger partial charge in [0, 0.05) is 41.7 Å². The minimum Gasteiger partial charge on any atom is -0.489 e. The molecule has 0 aromatic heterocycles. The van der Waals surface area contributed by atoms with Crippen LogP contribution in [0.15, 0.2) is 24.3 Å². The summed E-state index contributed by atoms with van der Waals surface area (Å²) in [6, 6.07) is 4.66. The Bertz CT molecular complexity index is 870. The summed E-state index contributed by atoms with van der Waals surface area (Å²) in [5.41, 5.74) is 0.405. The third-order valence-electron chi connectivity index (χ3n) is 4.30. The standard InChI is InChI=1S/C20H19F3O4/c1-20(2)9-11-5-13(21)6-12(19(11)27-20)10-26-14-7-16(22)15(17(23)8-14)3-4-18(24)25/h5-8H,3-4,9-10H2,1-2H3,(H,24,25). The van der Waals surface area contributed by atoms with Crippen LogP contribution in [0.1, 0.15) is 37.0 Å². The van der Waals surface area contributed by atoms with Crippen molar-refractivity contribution in [2.24, 2.45) is 0 Å². The molecule has 0 amide bonds. The summed E-state index contributed by atoms with van der Waals surface area (Å²) in [5.74, 6) is -2.88.